The van der Waals surface area contributed by atoms with Gasteiger partial charge in [-0.3, -0.25) is 0 Å². The van der Waals surface area contributed by atoms with Crippen molar-refractivity contribution in [2.24, 2.45) is 5.92 Å². The van der Waals surface area contributed by atoms with Crippen molar-refractivity contribution in [3.63, 3.8) is 0 Å². The van der Waals surface area contributed by atoms with Gasteiger partial charge in [0.15, 0.2) is 5.69 Å². The summed E-state index contributed by atoms with van der Waals surface area (Å²) in [6.45, 7) is 5.20. The van der Waals surface area contributed by atoms with E-state index < -0.39 is 17.9 Å². The van der Waals surface area contributed by atoms with Crippen LogP contribution in [0.3, 0.4) is 0 Å². The van der Waals surface area contributed by atoms with Gasteiger partial charge in [0.25, 0.3) is 0 Å². The highest BCUT2D eigenvalue weighted by Gasteiger charge is 2.34. The van der Waals surface area contributed by atoms with Crippen LogP contribution in [0.2, 0.25) is 5.02 Å². The van der Waals surface area contributed by atoms with Crippen LogP contribution in [0.15, 0.2) is 24.3 Å². The highest BCUT2D eigenvalue weighted by molar-refractivity contribution is 6.31. The van der Waals surface area contributed by atoms with E-state index in [1.165, 1.54) is 0 Å². The van der Waals surface area contributed by atoms with E-state index in [1.54, 1.807) is 25.1 Å². The molecular weight excluding hydrogens is 369 g/mol. The summed E-state index contributed by atoms with van der Waals surface area (Å²) in [5.74, 6) is -0.244. The molecule has 26 heavy (non-hydrogen) atoms. The molecule has 0 aliphatic carbocycles. The van der Waals surface area contributed by atoms with Gasteiger partial charge in [-0.05, 0) is 36.6 Å². The number of hydrogen-bond acceptors (Lipinski definition) is 5. The molecule has 2 rings (SSSR count). The summed E-state index contributed by atoms with van der Waals surface area (Å²) in [6.07, 6.45) is -4.63. The molecule has 1 heterocycles. The Morgan fingerprint density at radius 1 is 1.19 bits per heavy atom. The summed E-state index contributed by atoms with van der Waals surface area (Å²) < 4.78 is 39.5. The van der Waals surface area contributed by atoms with Gasteiger partial charge in [0, 0.05) is 16.8 Å². The van der Waals surface area contributed by atoms with Crippen LogP contribution in [0.1, 0.15) is 25.1 Å². The van der Waals surface area contributed by atoms with E-state index in [9.17, 15) is 18.3 Å². The number of aryl methyl sites for hydroxylation is 1. The first-order chi connectivity index (χ1) is 12.1. The molecule has 0 amide bonds. The monoisotopic (exact) mass is 388 g/mol. The van der Waals surface area contributed by atoms with E-state index in [4.69, 9.17) is 11.6 Å². The lowest BCUT2D eigenvalue weighted by atomic mass is 10.1. The zero-order valence-corrected chi connectivity index (χ0v) is 15.3. The number of aliphatic hydroxyl groups excluding tert-OH is 1. The number of hydrogen-bond donors (Lipinski definition) is 3. The second-order valence-electron chi connectivity index (χ2n) is 6.23. The molecule has 0 radical (unpaired) electrons. The summed E-state index contributed by atoms with van der Waals surface area (Å²) >= 11 is 5.96. The van der Waals surface area contributed by atoms with Crippen LogP contribution in [0.4, 0.5) is 30.6 Å². The largest absolute Gasteiger partial charge is 0.433 e. The molecule has 0 saturated heterocycles. The van der Waals surface area contributed by atoms with Gasteiger partial charge in [0.05, 0.1) is 12.6 Å². The SMILES string of the molecule is Cc1cc(Nc2cc(C(F)(F)F)nc(N[C@@H](CO)C(C)C)n2)ccc1Cl. The molecule has 3 N–H and O–H groups in total. The first-order valence-corrected chi connectivity index (χ1v) is 8.34. The summed E-state index contributed by atoms with van der Waals surface area (Å²) in [4.78, 5) is 7.62. The van der Waals surface area contributed by atoms with E-state index in [0.717, 1.165) is 11.6 Å². The quantitative estimate of drug-likeness (QED) is 0.673. The number of anilines is 3. The number of aliphatic hydroxyl groups is 1. The molecule has 1 aromatic heterocycles. The number of alkyl halides is 3. The first-order valence-electron chi connectivity index (χ1n) is 7.97. The average Bonchev–Trinajstić information content (AvgIpc) is 2.55. The third-order valence-corrected chi connectivity index (χ3v) is 4.19. The maximum atomic E-state index is 13.2. The highest BCUT2D eigenvalue weighted by Crippen LogP contribution is 2.31. The Bertz CT molecular complexity index is 768. The summed E-state index contributed by atoms with van der Waals surface area (Å²) in [7, 11) is 0. The number of nitrogens with one attached hydrogen (secondary N) is 2. The Labute approximate surface area is 154 Å². The van der Waals surface area contributed by atoms with Crippen LogP contribution in [-0.4, -0.2) is 27.7 Å². The molecule has 9 heteroatoms. The van der Waals surface area contributed by atoms with Gasteiger partial charge >= 0.3 is 6.18 Å². The average molecular weight is 389 g/mol. The van der Waals surface area contributed by atoms with E-state index in [1.807, 2.05) is 13.8 Å². The van der Waals surface area contributed by atoms with Crippen molar-refractivity contribution in [3.05, 3.63) is 40.5 Å². The molecule has 0 unspecified atom stereocenters. The zero-order valence-electron chi connectivity index (χ0n) is 14.5. The molecule has 1 aromatic carbocycles. The normalized spacial score (nSPS) is 13.0. The van der Waals surface area contributed by atoms with Crippen molar-refractivity contribution in [1.82, 2.24) is 9.97 Å². The predicted octanol–water partition coefficient (Wildman–Crippen LogP) is 4.63. The third kappa shape index (κ3) is 5.22. The predicted molar refractivity (Wildman–Crippen MR) is 95.8 cm³/mol. The Balaban J connectivity index is 2.38. The summed E-state index contributed by atoms with van der Waals surface area (Å²) in [5.41, 5.74) is 0.246. The van der Waals surface area contributed by atoms with Gasteiger partial charge in [-0.15, -0.1) is 0 Å². The van der Waals surface area contributed by atoms with E-state index in [-0.39, 0.29) is 24.3 Å². The molecule has 0 fully saturated rings. The maximum absolute atomic E-state index is 13.2. The van der Waals surface area contributed by atoms with Crippen LogP contribution < -0.4 is 10.6 Å². The third-order valence-electron chi connectivity index (χ3n) is 3.76. The number of aromatic nitrogens is 2. The Morgan fingerprint density at radius 2 is 1.88 bits per heavy atom. The molecule has 0 bridgehead atoms. The van der Waals surface area contributed by atoms with Gasteiger partial charge in [0.1, 0.15) is 5.82 Å². The molecule has 2 aromatic rings. The van der Waals surface area contributed by atoms with Crippen molar-refractivity contribution in [2.45, 2.75) is 33.0 Å². The molecular formula is C17H20ClF3N4O. The molecule has 0 saturated carbocycles. The fourth-order valence-corrected chi connectivity index (χ4v) is 2.30. The molecule has 0 spiro atoms. The van der Waals surface area contributed by atoms with Crippen LogP contribution >= 0.6 is 11.6 Å². The van der Waals surface area contributed by atoms with E-state index >= 15 is 0 Å². The van der Waals surface area contributed by atoms with Crippen LogP contribution in [-0.2, 0) is 6.18 Å². The Morgan fingerprint density at radius 3 is 2.42 bits per heavy atom. The van der Waals surface area contributed by atoms with Crippen LogP contribution in [0.5, 0.6) is 0 Å². The number of benzene rings is 1. The fraction of sp³-hybridized carbons (Fsp3) is 0.412. The van der Waals surface area contributed by atoms with Crippen LogP contribution in [0.25, 0.3) is 0 Å². The van der Waals surface area contributed by atoms with Gasteiger partial charge in [-0.1, -0.05) is 25.4 Å². The van der Waals surface area contributed by atoms with Crippen molar-refractivity contribution in [1.29, 1.82) is 0 Å². The lowest BCUT2D eigenvalue weighted by molar-refractivity contribution is -0.141. The van der Waals surface area contributed by atoms with E-state index in [2.05, 4.69) is 20.6 Å². The summed E-state index contributed by atoms with van der Waals surface area (Å²) in [6, 6.07) is 5.35. The van der Waals surface area contributed by atoms with Crippen LogP contribution in [0, 0.1) is 12.8 Å². The number of nitrogens with zero attached hydrogens (tertiary/aromatic N) is 2. The minimum absolute atomic E-state index is 0.0167. The van der Waals surface area contributed by atoms with Gasteiger partial charge in [-0.25, -0.2) is 4.98 Å². The zero-order chi connectivity index (χ0) is 19.5. The van der Waals surface area contributed by atoms with Gasteiger partial charge < -0.3 is 15.7 Å². The fourth-order valence-electron chi connectivity index (χ4n) is 2.18. The second-order valence-corrected chi connectivity index (χ2v) is 6.63. The van der Waals surface area contributed by atoms with Gasteiger partial charge in [0.2, 0.25) is 5.95 Å². The molecule has 142 valence electrons. The molecule has 0 aliphatic heterocycles. The second kappa shape index (κ2) is 8.09. The van der Waals surface area contributed by atoms with E-state index in [0.29, 0.717) is 10.7 Å². The molecule has 0 aliphatic rings. The van der Waals surface area contributed by atoms with Crippen molar-refractivity contribution in [2.75, 3.05) is 17.2 Å². The smallest absolute Gasteiger partial charge is 0.394 e. The molecule has 1 atom stereocenters. The minimum Gasteiger partial charge on any atom is -0.394 e. The lowest BCUT2D eigenvalue weighted by Gasteiger charge is -2.21. The topological polar surface area (TPSA) is 70.1 Å². The van der Waals surface area contributed by atoms with Crippen molar-refractivity contribution < 1.29 is 18.3 Å². The maximum Gasteiger partial charge on any atom is 0.433 e. The lowest BCUT2D eigenvalue weighted by Crippen LogP contribution is -2.30. The first kappa shape index (κ1) is 20.3. The van der Waals surface area contributed by atoms with Gasteiger partial charge in [-0.2, -0.15) is 18.2 Å². The number of halogens is 4. The highest BCUT2D eigenvalue weighted by atomic mass is 35.5. The number of rotatable bonds is 6. The Kier molecular flexibility index (Phi) is 6.30. The standard InChI is InChI=1S/C17H20ClF3N4O/c1-9(2)13(8-26)23-16-24-14(17(19,20)21)7-15(25-16)22-11-4-5-12(18)10(3)6-11/h4-7,9,13,26H,8H2,1-3H3,(H2,22,23,24,25)/t13-/m0/s1. The minimum atomic E-state index is -4.63. The van der Waals surface area contributed by atoms with Crippen molar-refractivity contribution in [3.8, 4) is 0 Å². The summed E-state index contributed by atoms with van der Waals surface area (Å²) in [5, 5.41) is 15.5. The Hall–Kier alpha value is -2.06. The molecule has 5 nitrogen and oxygen atoms in total. The van der Waals surface area contributed by atoms with Crippen molar-refractivity contribution >= 4 is 29.1 Å².